The summed E-state index contributed by atoms with van der Waals surface area (Å²) >= 11 is 0. The van der Waals surface area contributed by atoms with Crippen LogP contribution >= 0.6 is 0 Å². The van der Waals surface area contributed by atoms with Crippen molar-refractivity contribution in [2.75, 3.05) is 13.1 Å². The van der Waals surface area contributed by atoms with E-state index in [0.29, 0.717) is 25.9 Å². The summed E-state index contributed by atoms with van der Waals surface area (Å²) < 4.78 is 11.0. The number of nitro groups is 1. The van der Waals surface area contributed by atoms with Gasteiger partial charge in [0.2, 0.25) is 5.75 Å². The van der Waals surface area contributed by atoms with Crippen LogP contribution in [0.15, 0.2) is 18.5 Å². The zero-order valence-corrected chi connectivity index (χ0v) is 13.5. The quantitative estimate of drug-likeness (QED) is 0.627. The van der Waals surface area contributed by atoms with Gasteiger partial charge >= 0.3 is 11.8 Å². The lowest BCUT2D eigenvalue weighted by molar-refractivity contribution is -0.386. The summed E-state index contributed by atoms with van der Waals surface area (Å²) in [4.78, 5) is 27.8. The van der Waals surface area contributed by atoms with E-state index in [0.717, 1.165) is 0 Å². The second-order valence-corrected chi connectivity index (χ2v) is 6.39. The number of ether oxygens (including phenoxy) is 2. The molecule has 0 bridgehead atoms. The first-order valence-electron chi connectivity index (χ1n) is 7.49. The third kappa shape index (κ3) is 4.80. The van der Waals surface area contributed by atoms with Gasteiger partial charge in [0.15, 0.2) is 0 Å². The van der Waals surface area contributed by atoms with Crippen molar-refractivity contribution in [2.45, 2.75) is 45.3 Å². The van der Waals surface area contributed by atoms with Crippen molar-refractivity contribution in [3.8, 4) is 5.75 Å². The summed E-state index contributed by atoms with van der Waals surface area (Å²) in [6.45, 7) is 6.47. The maximum absolute atomic E-state index is 12.0. The predicted octanol–water partition coefficient (Wildman–Crippen LogP) is 2.77. The first-order valence-corrected chi connectivity index (χ1v) is 7.49. The Balaban J connectivity index is 1.91. The fraction of sp³-hybridized carbons (Fsp3) is 0.600. The van der Waals surface area contributed by atoms with Crippen LogP contribution in [0.4, 0.5) is 10.5 Å². The molecule has 0 atom stereocenters. The van der Waals surface area contributed by atoms with Crippen LogP contribution in [0.3, 0.4) is 0 Å². The van der Waals surface area contributed by atoms with E-state index < -0.39 is 10.5 Å². The van der Waals surface area contributed by atoms with Gasteiger partial charge in [-0.1, -0.05) is 0 Å². The molecule has 0 unspecified atom stereocenters. The molecule has 23 heavy (non-hydrogen) atoms. The van der Waals surface area contributed by atoms with E-state index in [4.69, 9.17) is 9.47 Å². The van der Waals surface area contributed by atoms with E-state index in [-0.39, 0.29) is 23.6 Å². The molecule has 1 amide bonds. The van der Waals surface area contributed by atoms with Gasteiger partial charge in [0.25, 0.3) is 0 Å². The van der Waals surface area contributed by atoms with Gasteiger partial charge in [-0.25, -0.2) is 4.79 Å². The Kier molecular flexibility index (Phi) is 5.02. The monoisotopic (exact) mass is 323 g/mol. The highest BCUT2D eigenvalue weighted by Crippen LogP contribution is 2.28. The standard InChI is InChI=1S/C15H21N3O5/c1-15(2,3)23-14(19)17-8-5-11(6-9-17)22-13-4-7-16-10-12(13)18(20)21/h4,7,10-11H,5-6,8-9H2,1-3H3. The molecule has 0 aromatic carbocycles. The topological polar surface area (TPSA) is 94.8 Å². The van der Waals surface area contributed by atoms with E-state index in [1.54, 1.807) is 4.90 Å². The number of nitrogens with zero attached hydrogens (tertiary/aromatic N) is 3. The van der Waals surface area contributed by atoms with Crippen molar-refractivity contribution in [1.82, 2.24) is 9.88 Å². The van der Waals surface area contributed by atoms with Crippen LogP contribution in [0.1, 0.15) is 33.6 Å². The molecular weight excluding hydrogens is 302 g/mol. The van der Waals surface area contributed by atoms with Crippen molar-refractivity contribution in [3.63, 3.8) is 0 Å². The van der Waals surface area contributed by atoms with Crippen molar-refractivity contribution in [3.05, 3.63) is 28.6 Å². The average molecular weight is 323 g/mol. The average Bonchev–Trinajstić information content (AvgIpc) is 2.46. The van der Waals surface area contributed by atoms with Crippen LogP contribution in [-0.2, 0) is 4.74 Å². The Morgan fingerprint density at radius 2 is 2.04 bits per heavy atom. The van der Waals surface area contributed by atoms with Crippen LogP contribution < -0.4 is 4.74 Å². The van der Waals surface area contributed by atoms with Gasteiger partial charge in [0.05, 0.1) is 4.92 Å². The number of hydrogen-bond donors (Lipinski definition) is 0. The number of likely N-dealkylation sites (tertiary alicyclic amines) is 1. The van der Waals surface area contributed by atoms with E-state index in [2.05, 4.69) is 4.98 Å². The van der Waals surface area contributed by atoms with E-state index >= 15 is 0 Å². The zero-order chi connectivity index (χ0) is 17.0. The predicted molar refractivity (Wildman–Crippen MR) is 82.3 cm³/mol. The molecule has 126 valence electrons. The highest BCUT2D eigenvalue weighted by atomic mass is 16.6. The molecule has 0 aliphatic carbocycles. The summed E-state index contributed by atoms with van der Waals surface area (Å²) in [5, 5.41) is 11.0. The Morgan fingerprint density at radius 1 is 1.39 bits per heavy atom. The summed E-state index contributed by atoms with van der Waals surface area (Å²) in [5.41, 5.74) is -0.677. The molecule has 1 fully saturated rings. The zero-order valence-electron chi connectivity index (χ0n) is 13.5. The second-order valence-electron chi connectivity index (χ2n) is 6.39. The third-order valence-corrected chi connectivity index (χ3v) is 3.35. The Labute approximate surface area is 134 Å². The minimum Gasteiger partial charge on any atom is -0.483 e. The molecule has 1 aliphatic heterocycles. The second kappa shape index (κ2) is 6.80. The summed E-state index contributed by atoms with van der Waals surface area (Å²) in [6.07, 6.45) is 3.31. The number of hydrogen-bond acceptors (Lipinski definition) is 6. The Bertz CT molecular complexity index is 577. The smallest absolute Gasteiger partial charge is 0.410 e. The van der Waals surface area contributed by atoms with Crippen molar-refractivity contribution < 1.29 is 19.2 Å². The van der Waals surface area contributed by atoms with E-state index in [1.165, 1.54) is 18.5 Å². The van der Waals surface area contributed by atoms with Gasteiger partial charge in [0.1, 0.15) is 17.9 Å². The molecule has 8 heteroatoms. The Hall–Kier alpha value is -2.38. The van der Waals surface area contributed by atoms with Gasteiger partial charge in [0, 0.05) is 38.2 Å². The van der Waals surface area contributed by atoms with Crippen LogP contribution in [0, 0.1) is 10.1 Å². The molecule has 8 nitrogen and oxygen atoms in total. The fourth-order valence-electron chi connectivity index (χ4n) is 2.27. The molecule has 0 spiro atoms. The molecule has 1 aliphatic rings. The van der Waals surface area contributed by atoms with Crippen LogP contribution in [-0.4, -0.2) is 45.7 Å². The van der Waals surface area contributed by atoms with Crippen molar-refractivity contribution in [2.24, 2.45) is 0 Å². The summed E-state index contributed by atoms with van der Waals surface area (Å²) in [6, 6.07) is 1.48. The number of piperidine rings is 1. The maximum Gasteiger partial charge on any atom is 0.410 e. The molecule has 0 N–H and O–H groups in total. The largest absolute Gasteiger partial charge is 0.483 e. The molecule has 1 saturated heterocycles. The lowest BCUT2D eigenvalue weighted by Gasteiger charge is -2.33. The first kappa shape index (κ1) is 17.0. The molecule has 0 saturated carbocycles. The van der Waals surface area contributed by atoms with E-state index in [1.807, 2.05) is 20.8 Å². The molecule has 2 rings (SSSR count). The number of carbonyl (C=O) groups excluding carboxylic acids is 1. The maximum atomic E-state index is 12.0. The summed E-state index contributed by atoms with van der Waals surface area (Å²) in [5.74, 6) is 0.209. The molecule has 1 aromatic rings. The van der Waals surface area contributed by atoms with Crippen molar-refractivity contribution in [1.29, 1.82) is 0 Å². The highest BCUT2D eigenvalue weighted by Gasteiger charge is 2.28. The number of pyridine rings is 1. The molecule has 1 aromatic heterocycles. The lowest BCUT2D eigenvalue weighted by Crippen LogP contribution is -2.44. The highest BCUT2D eigenvalue weighted by molar-refractivity contribution is 5.68. The lowest BCUT2D eigenvalue weighted by atomic mass is 10.1. The molecule has 2 heterocycles. The first-order chi connectivity index (χ1) is 10.8. The van der Waals surface area contributed by atoms with Crippen LogP contribution in [0.2, 0.25) is 0 Å². The summed E-state index contributed by atoms with van der Waals surface area (Å²) in [7, 11) is 0. The third-order valence-electron chi connectivity index (χ3n) is 3.35. The molecule has 0 radical (unpaired) electrons. The SMILES string of the molecule is CC(C)(C)OC(=O)N1CCC(Oc2ccncc2[N+](=O)[O-])CC1. The number of amides is 1. The normalized spacial score (nSPS) is 16.0. The number of carbonyl (C=O) groups is 1. The minimum atomic E-state index is -0.526. The minimum absolute atomic E-state index is 0.151. The van der Waals surface area contributed by atoms with Gasteiger partial charge in [-0.3, -0.25) is 15.1 Å². The number of rotatable bonds is 3. The van der Waals surface area contributed by atoms with Crippen LogP contribution in [0.25, 0.3) is 0 Å². The van der Waals surface area contributed by atoms with Crippen LogP contribution in [0.5, 0.6) is 5.75 Å². The van der Waals surface area contributed by atoms with E-state index in [9.17, 15) is 14.9 Å². The molecular formula is C15H21N3O5. The van der Waals surface area contributed by atoms with Gasteiger partial charge in [-0.15, -0.1) is 0 Å². The van der Waals surface area contributed by atoms with Gasteiger partial charge < -0.3 is 14.4 Å². The van der Waals surface area contributed by atoms with Gasteiger partial charge in [-0.05, 0) is 20.8 Å². The van der Waals surface area contributed by atoms with Crippen molar-refractivity contribution >= 4 is 11.8 Å². The fourth-order valence-corrected chi connectivity index (χ4v) is 2.27. The number of aromatic nitrogens is 1. The Morgan fingerprint density at radius 3 is 2.61 bits per heavy atom. The van der Waals surface area contributed by atoms with Gasteiger partial charge in [-0.2, -0.15) is 0 Å².